The van der Waals surface area contributed by atoms with Crippen LogP contribution in [0.15, 0.2) is 0 Å². The molecular formula is C5H12N2. The molecule has 0 aliphatic carbocycles. The lowest BCUT2D eigenvalue weighted by molar-refractivity contribution is 0.308. The van der Waals surface area contributed by atoms with Crippen LogP contribution in [0.25, 0.3) is 0 Å². The van der Waals surface area contributed by atoms with Crippen molar-refractivity contribution in [2.24, 2.45) is 0 Å². The van der Waals surface area contributed by atoms with Crippen molar-refractivity contribution in [3.63, 3.8) is 0 Å². The van der Waals surface area contributed by atoms with Crippen molar-refractivity contribution in [2.75, 3.05) is 19.8 Å². The quantitative estimate of drug-likeness (QED) is 0.502. The monoisotopic (exact) mass is 100 g/mol. The molecule has 0 unspecified atom stereocenters. The van der Waals surface area contributed by atoms with Crippen molar-refractivity contribution in [3.8, 4) is 0 Å². The minimum Gasteiger partial charge on any atom is -0.289 e. The van der Waals surface area contributed by atoms with Crippen molar-refractivity contribution >= 4 is 0 Å². The Morgan fingerprint density at radius 2 is 1.71 bits per heavy atom. The van der Waals surface area contributed by atoms with Crippen molar-refractivity contribution in [1.29, 1.82) is 0 Å². The van der Waals surface area contributed by atoms with Gasteiger partial charge in [-0.3, -0.25) is 4.90 Å². The summed E-state index contributed by atoms with van der Waals surface area (Å²) in [4.78, 5) is 1.93. The van der Waals surface area contributed by atoms with Gasteiger partial charge in [-0.15, -0.1) is 5.73 Å². The summed E-state index contributed by atoms with van der Waals surface area (Å²) in [6.45, 7) is 6.12. The number of hydrogen-bond acceptors (Lipinski definition) is 1. The smallest absolute Gasteiger partial charge is 0.0839 e. The molecule has 0 N–H and O–H groups in total. The van der Waals surface area contributed by atoms with E-state index < -0.39 is 0 Å². The molecule has 2 radical (unpaired) electrons. The van der Waals surface area contributed by atoms with Crippen molar-refractivity contribution in [1.82, 2.24) is 10.6 Å². The molecule has 0 aromatic carbocycles. The molecule has 0 rings (SSSR count). The van der Waals surface area contributed by atoms with Crippen molar-refractivity contribution in [3.05, 3.63) is 0 Å². The van der Waals surface area contributed by atoms with E-state index in [1.807, 2.05) is 18.7 Å². The number of hydrogen-bond donors (Lipinski definition) is 0. The van der Waals surface area contributed by atoms with Gasteiger partial charge in [0.1, 0.15) is 0 Å². The summed E-state index contributed by atoms with van der Waals surface area (Å²) in [5, 5.41) is 0. The van der Waals surface area contributed by atoms with Crippen LogP contribution in [0.4, 0.5) is 0 Å². The lowest BCUT2D eigenvalue weighted by Gasteiger charge is -2.11. The summed E-state index contributed by atoms with van der Waals surface area (Å²) in [6, 6.07) is 0. The Kier molecular flexibility index (Phi) is 4.04. The van der Waals surface area contributed by atoms with Crippen LogP contribution in [0.3, 0.4) is 0 Å². The van der Waals surface area contributed by atoms with E-state index in [1.54, 1.807) is 0 Å². The molecule has 7 heavy (non-hydrogen) atoms. The maximum atomic E-state index is 8.45. The topological polar surface area (TPSA) is 25.5 Å². The summed E-state index contributed by atoms with van der Waals surface area (Å²) in [5.41, 5.74) is 8.45. The lowest BCUT2D eigenvalue weighted by atomic mass is 10.6. The zero-order chi connectivity index (χ0) is 5.70. The predicted molar refractivity (Wildman–Crippen MR) is 29.9 cm³/mol. The molecule has 0 heterocycles. The Labute approximate surface area is 45.3 Å². The zero-order valence-electron chi connectivity index (χ0n) is 5.02. The molecule has 0 saturated carbocycles. The van der Waals surface area contributed by atoms with Gasteiger partial charge in [0, 0.05) is 0 Å². The van der Waals surface area contributed by atoms with Crippen molar-refractivity contribution < 1.29 is 0 Å². The molecular weight excluding hydrogens is 88.1 g/mol. The maximum Gasteiger partial charge on any atom is 0.0839 e. The third-order valence-electron chi connectivity index (χ3n) is 1.09. The van der Waals surface area contributed by atoms with Gasteiger partial charge in [-0.05, 0) is 13.1 Å². The van der Waals surface area contributed by atoms with E-state index in [1.165, 1.54) is 0 Å². The molecule has 2 nitrogen and oxygen atoms in total. The molecule has 0 bridgehead atoms. The predicted octanol–water partition coefficient (Wildman–Crippen LogP) is 0.354. The molecule has 0 amide bonds. The fraction of sp³-hybridized carbons (Fsp3) is 1.00. The van der Waals surface area contributed by atoms with Gasteiger partial charge in [-0.2, -0.15) is 0 Å². The highest BCUT2D eigenvalue weighted by Gasteiger charge is 1.90. The van der Waals surface area contributed by atoms with Crippen LogP contribution in [0.1, 0.15) is 13.8 Å². The van der Waals surface area contributed by atoms with Crippen LogP contribution in [0, 0.1) is 0 Å². The van der Waals surface area contributed by atoms with Gasteiger partial charge < -0.3 is 0 Å². The maximum absolute atomic E-state index is 8.45. The minimum absolute atomic E-state index is 0.188. The molecule has 0 atom stereocenters. The molecule has 0 aromatic heterocycles. The molecule has 0 aliphatic heterocycles. The number of rotatable bonds is 3. The fourth-order valence-corrected chi connectivity index (χ4v) is 0.424. The molecule has 2 heteroatoms. The van der Waals surface area contributed by atoms with Crippen LogP contribution < -0.4 is 5.73 Å². The molecule has 0 fully saturated rings. The van der Waals surface area contributed by atoms with E-state index in [4.69, 9.17) is 5.73 Å². The molecule has 42 valence electrons. The van der Waals surface area contributed by atoms with Crippen molar-refractivity contribution in [2.45, 2.75) is 13.8 Å². The summed E-state index contributed by atoms with van der Waals surface area (Å²) in [5.74, 6) is 0. The van der Waals surface area contributed by atoms with Gasteiger partial charge in [-0.1, -0.05) is 13.8 Å². The fourth-order valence-electron chi connectivity index (χ4n) is 0.424. The first-order valence-corrected chi connectivity index (χ1v) is 2.68. The Morgan fingerprint density at radius 3 is 1.71 bits per heavy atom. The second-order valence-electron chi connectivity index (χ2n) is 1.44. The van der Waals surface area contributed by atoms with Gasteiger partial charge in [0.25, 0.3) is 0 Å². The van der Waals surface area contributed by atoms with Crippen LogP contribution in [0.2, 0.25) is 0 Å². The normalized spacial score (nSPS) is 10.3. The van der Waals surface area contributed by atoms with Gasteiger partial charge in [0.2, 0.25) is 0 Å². The van der Waals surface area contributed by atoms with Gasteiger partial charge in [-0.25, -0.2) is 0 Å². The average Bonchev–Trinajstić information content (AvgIpc) is 1.72. The lowest BCUT2D eigenvalue weighted by Crippen LogP contribution is -2.24. The summed E-state index contributed by atoms with van der Waals surface area (Å²) < 4.78 is 0. The largest absolute Gasteiger partial charge is 0.289 e. The highest BCUT2D eigenvalue weighted by Crippen LogP contribution is 1.79. The van der Waals surface area contributed by atoms with E-state index in [9.17, 15) is 0 Å². The van der Waals surface area contributed by atoms with Gasteiger partial charge in [0.15, 0.2) is 0 Å². The highest BCUT2D eigenvalue weighted by atomic mass is 15.2. The second-order valence-corrected chi connectivity index (χ2v) is 1.44. The molecule has 0 saturated heterocycles. The second kappa shape index (κ2) is 4.09. The van der Waals surface area contributed by atoms with Crippen LogP contribution in [-0.4, -0.2) is 24.7 Å². The highest BCUT2D eigenvalue weighted by molar-refractivity contribution is 4.42. The third kappa shape index (κ3) is 2.60. The van der Waals surface area contributed by atoms with E-state index in [0.717, 1.165) is 13.1 Å². The summed E-state index contributed by atoms with van der Waals surface area (Å²) in [7, 11) is 0. The van der Waals surface area contributed by atoms with E-state index >= 15 is 0 Å². The van der Waals surface area contributed by atoms with Gasteiger partial charge >= 0.3 is 0 Å². The first-order chi connectivity index (χ1) is 3.35. The Balaban J connectivity index is 2.99. The van der Waals surface area contributed by atoms with Crippen LogP contribution >= 0.6 is 0 Å². The van der Waals surface area contributed by atoms with Crippen LogP contribution in [-0.2, 0) is 0 Å². The van der Waals surface area contributed by atoms with Crippen LogP contribution in [0.5, 0.6) is 0 Å². The van der Waals surface area contributed by atoms with Gasteiger partial charge in [0.05, 0.1) is 6.67 Å². The zero-order valence-corrected chi connectivity index (χ0v) is 5.02. The number of nitrogens with zero attached hydrogens (tertiary/aromatic N) is 2. The standard InChI is InChI=1S/C5H12N2/c1-3-7(4-2)5-6/h3-5H2,1-2H3. The average molecular weight is 100 g/mol. The summed E-state index contributed by atoms with van der Waals surface area (Å²) in [6.07, 6.45) is 0. The third-order valence-corrected chi connectivity index (χ3v) is 1.09. The molecule has 0 aliphatic rings. The molecule has 0 aromatic rings. The first kappa shape index (κ1) is 6.92. The minimum atomic E-state index is 0.188. The molecule has 0 spiro atoms. The van der Waals surface area contributed by atoms with E-state index in [-0.39, 0.29) is 6.67 Å². The Morgan fingerprint density at radius 1 is 1.29 bits per heavy atom. The van der Waals surface area contributed by atoms with E-state index in [0.29, 0.717) is 0 Å². The SMILES string of the molecule is CCN(CC)C[N]. The first-order valence-electron chi connectivity index (χ1n) is 2.68. The van der Waals surface area contributed by atoms with E-state index in [2.05, 4.69) is 0 Å². The summed E-state index contributed by atoms with van der Waals surface area (Å²) >= 11 is 0. The Bertz CT molecular complexity index is 27.6. The Hall–Kier alpha value is -0.0800.